The lowest BCUT2D eigenvalue weighted by molar-refractivity contribution is -0.104. The van der Waals surface area contributed by atoms with Crippen molar-refractivity contribution in [1.29, 1.82) is 0 Å². The van der Waals surface area contributed by atoms with Crippen LogP contribution in [0, 0.1) is 23.7 Å². The Hall–Kier alpha value is -1.41. The maximum atomic E-state index is 9.06. The summed E-state index contributed by atoms with van der Waals surface area (Å²) in [5.74, 6) is 2.93. The van der Waals surface area contributed by atoms with Gasteiger partial charge in [0.15, 0.2) is 0 Å². The van der Waals surface area contributed by atoms with Crippen LogP contribution in [0.1, 0.15) is 73.6 Å². The minimum Gasteiger partial charge on any atom is -0.380 e. The topological polar surface area (TPSA) is 26.3 Å². The number of ether oxygens (including phenoxy) is 1. The van der Waals surface area contributed by atoms with Gasteiger partial charge in [0.25, 0.3) is 0 Å². The number of allylic oxidation sites excluding steroid dienone is 3. The zero-order valence-corrected chi connectivity index (χ0v) is 19.7. The summed E-state index contributed by atoms with van der Waals surface area (Å²) in [5.41, 5.74) is 3.55. The fourth-order valence-corrected chi connectivity index (χ4v) is 2.86. The second-order valence-corrected chi connectivity index (χ2v) is 8.41. The number of aldehydes is 1. The number of carbonyl (C=O) groups is 1. The molecule has 0 amide bonds. The molecule has 0 heterocycles. The van der Waals surface area contributed by atoms with Crippen LogP contribution in [0.2, 0.25) is 0 Å². The van der Waals surface area contributed by atoms with Gasteiger partial charge in [0.2, 0.25) is 0 Å². The van der Waals surface area contributed by atoms with Crippen LogP contribution in [-0.4, -0.2) is 20.0 Å². The highest BCUT2D eigenvalue weighted by atomic mass is 16.5. The molecule has 0 spiro atoms. The molecular formula is C26H46O2. The van der Waals surface area contributed by atoms with E-state index in [-0.39, 0.29) is 0 Å². The predicted octanol–water partition coefficient (Wildman–Crippen LogP) is 7.58. The maximum absolute atomic E-state index is 9.06. The van der Waals surface area contributed by atoms with Crippen LogP contribution in [-0.2, 0) is 9.53 Å². The largest absolute Gasteiger partial charge is 0.380 e. The van der Waals surface area contributed by atoms with Gasteiger partial charge in [-0.1, -0.05) is 85.8 Å². The van der Waals surface area contributed by atoms with Crippen molar-refractivity contribution < 1.29 is 9.53 Å². The fourth-order valence-electron chi connectivity index (χ4n) is 2.86. The van der Waals surface area contributed by atoms with Crippen LogP contribution in [0.25, 0.3) is 0 Å². The monoisotopic (exact) mass is 390 g/mol. The van der Waals surface area contributed by atoms with Crippen molar-refractivity contribution in [1.82, 2.24) is 0 Å². The maximum Gasteiger partial charge on any atom is 0.142 e. The fraction of sp³-hybridized carbons (Fsp3) is 0.654. The van der Waals surface area contributed by atoms with Crippen molar-refractivity contribution in [3.63, 3.8) is 0 Å². The first-order chi connectivity index (χ1) is 13.1. The minimum atomic E-state index is 0.515. The Bertz CT molecular complexity index is 479. The van der Waals surface area contributed by atoms with Gasteiger partial charge in [0.05, 0.1) is 6.61 Å². The molecule has 0 aromatic heterocycles. The molecule has 0 N–H and O–H groups in total. The summed E-state index contributed by atoms with van der Waals surface area (Å²) in [5, 5.41) is 0. The third-order valence-electron chi connectivity index (χ3n) is 5.50. The predicted molar refractivity (Wildman–Crippen MR) is 126 cm³/mol. The van der Waals surface area contributed by atoms with Gasteiger partial charge in [-0.2, -0.15) is 0 Å². The van der Waals surface area contributed by atoms with Crippen molar-refractivity contribution >= 4 is 6.29 Å². The van der Waals surface area contributed by atoms with Gasteiger partial charge in [-0.15, -0.1) is 0 Å². The highest BCUT2D eigenvalue weighted by molar-refractivity contribution is 5.63. The van der Waals surface area contributed by atoms with Crippen molar-refractivity contribution in [2.24, 2.45) is 23.7 Å². The SMILES string of the molecule is C=C(CC)/C(=C\C(=C)C(C)CCC(C)C(C)CCC(C)C)COC.C=CC=O. The van der Waals surface area contributed by atoms with E-state index in [0.717, 1.165) is 29.7 Å². The third-order valence-corrected chi connectivity index (χ3v) is 5.50. The van der Waals surface area contributed by atoms with Gasteiger partial charge in [-0.25, -0.2) is 0 Å². The molecule has 2 heteroatoms. The van der Waals surface area contributed by atoms with Crippen LogP contribution in [0.3, 0.4) is 0 Å². The molecule has 0 rings (SSSR count). The summed E-state index contributed by atoms with van der Waals surface area (Å²) in [6, 6.07) is 0. The van der Waals surface area contributed by atoms with Crippen molar-refractivity contribution in [2.45, 2.75) is 73.6 Å². The molecule has 0 aliphatic rings. The van der Waals surface area contributed by atoms with Crippen LogP contribution in [0.4, 0.5) is 0 Å². The first-order valence-corrected chi connectivity index (χ1v) is 10.8. The molecule has 0 aromatic carbocycles. The Morgan fingerprint density at radius 1 is 0.964 bits per heavy atom. The van der Waals surface area contributed by atoms with Crippen molar-refractivity contribution in [2.75, 3.05) is 13.7 Å². The molecule has 0 bridgehead atoms. The van der Waals surface area contributed by atoms with Gasteiger partial charge >= 0.3 is 0 Å². The number of methoxy groups -OCH3 is 1. The smallest absolute Gasteiger partial charge is 0.142 e. The van der Waals surface area contributed by atoms with E-state index in [1.807, 2.05) is 0 Å². The van der Waals surface area contributed by atoms with Crippen LogP contribution >= 0.6 is 0 Å². The molecule has 0 fully saturated rings. The van der Waals surface area contributed by atoms with E-state index < -0.39 is 0 Å². The zero-order valence-electron chi connectivity index (χ0n) is 19.7. The first-order valence-electron chi connectivity index (χ1n) is 10.8. The van der Waals surface area contributed by atoms with E-state index in [9.17, 15) is 0 Å². The second-order valence-electron chi connectivity index (χ2n) is 8.41. The molecule has 3 unspecified atom stereocenters. The highest BCUT2D eigenvalue weighted by Crippen LogP contribution is 2.28. The van der Waals surface area contributed by atoms with Crippen LogP contribution in [0.15, 0.2) is 48.6 Å². The van der Waals surface area contributed by atoms with E-state index in [2.05, 4.69) is 67.4 Å². The first kappa shape index (κ1) is 28.8. The molecular weight excluding hydrogens is 344 g/mol. The van der Waals surface area contributed by atoms with Gasteiger partial charge in [-0.3, -0.25) is 4.79 Å². The lowest BCUT2D eigenvalue weighted by Gasteiger charge is -2.23. The van der Waals surface area contributed by atoms with E-state index in [0.29, 0.717) is 18.8 Å². The molecule has 0 radical (unpaired) electrons. The molecule has 0 aromatic rings. The van der Waals surface area contributed by atoms with E-state index in [1.165, 1.54) is 42.9 Å². The Morgan fingerprint density at radius 3 is 1.86 bits per heavy atom. The third kappa shape index (κ3) is 14.6. The number of hydrogen-bond acceptors (Lipinski definition) is 2. The lowest BCUT2D eigenvalue weighted by Crippen LogP contribution is -2.11. The average molecular weight is 391 g/mol. The molecule has 2 nitrogen and oxygen atoms in total. The van der Waals surface area contributed by atoms with E-state index >= 15 is 0 Å². The van der Waals surface area contributed by atoms with Crippen molar-refractivity contribution in [3.8, 4) is 0 Å². The van der Waals surface area contributed by atoms with Gasteiger partial charge < -0.3 is 4.74 Å². The second kappa shape index (κ2) is 17.7. The molecule has 3 atom stereocenters. The average Bonchev–Trinajstić information content (AvgIpc) is 2.68. The van der Waals surface area contributed by atoms with E-state index in [1.54, 1.807) is 7.11 Å². The standard InChI is InChI=1S/C23H42O.C3H4O/c1-10-18(4)23(16-24-9)15-22(8)21(7)14-13-20(6)19(5)12-11-17(2)3;1-2-3-4/h15,17,19-21H,4,8,10-14,16H2,1-3,5-7,9H3;2-3H,1H2/b23-15-;. The summed E-state index contributed by atoms with van der Waals surface area (Å²) in [6.07, 6.45) is 10.2. The Morgan fingerprint density at radius 2 is 1.46 bits per heavy atom. The summed E-state index contributed by atoms with van der Waals surface area (Å²) in [6.45, 7) is 26.1. The van der Waals surface area contributed by atoms with Crippen molar-refractivity contribution in [3.05, 3.63) is 48.6 Å². The minimum absolute atomic E-state index is 0.515. The molecule has 28 heavy (non-hydrogen) atoms. The number of rotatable bonds is 14. The molecule has 162 valence electrons. The molecule has 0 aliphatic heterocycles. The number of hydrogen-bond donors (Lipinski definition) is 0. The van der Waals surface area contributed by atoms with Gasteiger partial charge in [0, 0.05) is 7.11 Å². The summed E-state index contributed by atoms with van der Waals surface area (Å²) in [7, 11) is 1.74. The lowest BCUT2D eigenvalue weighted by atomic mass is 9.83. The Labute approximate surface area is 175 Å². The summed E-state index contributed by atoms with van der Waals surface area (Å²) >= 11 is 0. The summed E-state index contributed by atoms with van der Waals surface area (Å²) in [4.78, 5) is 9.06. The summed E-state index contributed by atoms with van der Waals surface area (Å²) < 4.78 is 5.31. The quantitative estimate of drug-likeness (QED) is 0.174. The van der Waals surface area contributed by atoms with Crippen LogP contribution in [0.5, 0.6) is 0 Å². The molecule has 0 aliphatic carbocycles. The van der Waals surface area contributed by atoms with E-state index in [4.69, 9.17) is 9.53 Å². The normalized spacial score (nSPS) is 14.5. The molecule has 0 saturated carbocycles. The molecule has 0 saturated heterocycles. The Kier molecular flexibility index (Phi) is 18.2. The highest BCUT2D eigenvalue weighted by Gasteiger charge is 2.15. The van der Waals surface area contributed by atoms with Gasteiger partial charge in [0.1, 0.15) is 6.29 Å². The van der Waals surface area contributed by atoms with Gasteiger partial charge in [-0.05, 0) is 60.2 Å². The van der Waals surface area contributed by atoms with Crippen LogP contribution < -0.4 is 0 Å². The zero-order chi connectivity index (χ0) is 22.1. The Balaban J connectivity index is 0. The number of carbonyl (C=O) groups excluding carboxylic acids is 1.